The summed E-state index contributed by atoms with van der Waals surface area (Å²) in [6, 6.07) is 18.7. The zero-order valence-corrected chi connectivity index (χ0v) is 13.1. The lowest BCUT2D eigenvalue weighted by atomic mass is 10.1. The largest absolute Gasteiger partial charge is 0.488 e. The molecule has 0 N–H and O–H groups in total. The van der Waals surface area contributed by atoms with E-state index < -0.39 is 0 Å². The van der Waals surface area contributed by atoms with Crippen molar-refractivity contribution in [2.45, 2.75) is 19.4 Å². The summed E-state index contributed by atoms with van der Waals surface area (Å²) in [6.45, 7) is 2.87. The summed E-state index contributed by atoms with van der Waals surface area (Å²) in [5, 5.41) is 1.09. The second kappa shape index (κ2) is 6.29. The Morgan fingerprint density at radius 1 is 0.957 bits per heavy atom. The predicted molar refractivity (Wildman–Crippen MR) is 94.0 cm³/mol. The third-order valence-corrected chi connectivity index (χ3v) is 4.39. The Morgan fingerprint density at radius 2 is 1.78 bits per heavy atom. The van der Waals surface area contributed by atoms with Crippen molar-refractivity contribution in [1.82, 2.24) is 4.98 Å². The molecule has 1 aromatic heterocycles. The van der Waals surface area contributed by atoms with Crippen LogP contribution in [-0.2, 0) is 6.61 Å². The molecule has 0 radical (unpaired) electrons. The van der Waals surface area contributed by atoms with E-state index in [2.05, 4.69) is 40.2 Å². The van der Waals surface area contributed by atoms with E-state index in [1.807, 2.05) is 30.5 Å². The van der Waals surface area contributed by atoms with Gasteiger partial charge in [0.1, 0.15) is 12.4 Å². The smallest absolute Gasteiger partial charge is 0.130 e. The van der Waals surface area contributed by atoms with Crippen molar-refractivity contribution >= 4 is 16.6 Å². The summed E-state index contributed by atoms with van der Waals surface area (Å²) >= 11 is 0. The zero-order chi connectivity index (χ0) is 15.5. The minimum absolute atomic E-state index is 0.577. The maximum Gasteiger partial charge on any atom is 0.130 e. The standard InChI is InChI=1S/C20H20N2O/c1-2-6-16(7-3-1)15-23-20-10-11-21-19-9-8-17(14-18(19)20)22-12-4-5-13-22/h1-3,6-11,14H,4-5,12-13,15H2. The fourth-order valence-corrected chi connectivity index (χ4v) is 3.14. The first-order valence-electron chi connectivity index (χ1n) is 8.20. The van der Waals surface area contributed by atoms with Gasteiger partial charge in [-0.15, -0.1) is 0 Å². The van der Waals surface area contributed by atoms with Gasteiger partial charge in [-0.2, -0.15) is 0 Å². The maximum absolute atomic E-state index is 6.06. The van der Waals surface area contributed by atoms with Crippen LogP contribution < -0.4 is 9.64 Å². The van der Waals surface area contributed by atoms with Crippen molar-refractivity contribution in [2.75, 3.05) is 18.0 Å². The molecule has 23 heavy (non-hydrogen) atoms. The number of anilines is 1. The van der Waals surface area contributed by atoms with Crippen LogP contribution in [0.25, 0.3) is 10.9 Å². The van der Waals surface area contributed by atoms with Crippen molar-refractivity contribution < 1.29 is 4.74 Å². The Bertz CT molecular complexity index is 795. The summed E-state index contributed by atoms with van der Waals surface area (Å²) in [5.41, 5.74) is 3.43. The molecule has 1 fully saturated rings. The lowest BCUT2D eigenvalue weighted by molar-refractivity contribution is 0.310. The van der Waals surface area contributed by atoms with Gasteiger partial charge in [0.15, 0.2) is 0 Å². The molecule has 0 aliphatic carbocycles. The summed E-state index contributed by atoms with van der Waals surface area (Å²) in [7, 11) is 0. The Kier molecular flexibility index (Phi) is 3.85. The Hall–Kier alpha value is -2.55. The van der Waals surface area contributed by atoms with Gasteiger partial charge in [-0.25, -0.2) is 0 Å². The second-order valence-electron chi connectivity index (χ2n) is 5.98. The average Bonchev–Trinajstić information content (AvgIpc) is 3.15. The quantitative estimate of drug-likeness (QED) is 0.713. The number of aromatic nitrogens is 1. The Balaban J connectivity index is 1.64. The van der Waals surface area contributed by atoms with E-state index in [0.29, 0.717) is 6.61 Å². The van der Waals surface area contributed by atoms with Crippen LogP contribution in [0.15, 0.2) is 60.8 Å². The molecule has 116 valence electrons. The van der Waals surface area contributed by atoms with Gasteiger partial charge in [-0.1, -0.05) is 30.3 Å². The highest BCUT2D eigenvalue weighted by molar-refractivity contribution is 5.88. The fourth-order valence-electron chi connectivity index (χ4n) is 3.14. The SMILES string of the molecule is c1ccc(COc2ccnc3ccc(N4CCCC4)cc23)cc1. The molecular weight excluding hydrogens is 284 g/mol. The molecule has 4 rings (SSSR count). The van der Waals surface area contributed by atoms with E-state index in [0.717, 1.165) is 29.7 Å². The third kappa shape index (κ3) is 3.00. The van der Waals surface area contributed by atoms with Crippen molar-refractivity contribution in [1.29, 1.82) is 0 Å². The summed E-state index contributed by atoms with van der Waals surface area (Å²) in [6.07, 6.45) is 4.38. The van der Waals surface area contributed by atoms with Crippen LogP contribution in [0.5, 0.6) is 5.75 Å². The van der Waals surface area contributed by atoms with Crippen LogP contribution in [-0.4, -0.2) is 18.1 Å². The maximum atomic E-state index is 6.06. The van der Waals surface area contributed by atoms with Gasteiger partial charge in [-0.05, 0) is 42.7 Å². The minimum atomic E-state index is 0.577. The molecule has 3 heteroatoms. The molecule has 0 bridgehead atoms. The number of pyridine rings is 1. The van der Waals surface area contributed by atoms with Crippen molar-refractivity contribution in [3.8, 4) is 5.75 Å². The first kappa shape index (κ1) is 14.1. The van der Waals surface area contributed by atoms with Gasteiger partial charge < -0.3 is 9.64 Å². The molecule has 1 aliphatic rings. The topological polar surface area (TPSA) is 25.4 Å². The molecule has 2 aromatic carbocycles. The molecule has 3 nitrogen and oxygen atoms in total. The van der Waals surface area contributed by atoms with Gasteiger partial charge >= 0.3 is 0 Å². The highest BCUT2D eigenvalue weighted by Crippen LogP contribution is 2.30. The van der Waals surface area contributed by atoms with E-state index in [-0.39, 0.29) is 0 Å². The van der Waals surface area contributed by atoms with E-state index in [1.165, 1.54) is 24.1 Å². The normalized spacial score (nSPS) is 14.3. The second-order valence-corrected chi connectivity index (χ2v) is 5.98. The molecular formula is C20H20N2O. The van der Waals surface area contributed by atoms with Crippen LogP contribution in [0.3, 0.4) is 0 Å². The molecule has 1 aliphatic heterocycles. The van der Waals surface area contributed by atoms with E-state index in [1.54, 1.807) is 0 Å². The van der Waals surface area contributed by atoms with E-state index in [4.69, 9.17) is 4.74 Å². The number of nitrogens with zero attached hydrogens (tertiary/aromatic N) is 2. The van der Waals surface area contributed by atoms with Crippen molar-refractivity contribution in [3.05, 3.63) is 66.4 Å². The molecule has 1 saturated heterocycles. The van der Waals surface area contributed by atoms with Gasteiger partial charge in [-0.3, -0.25) is 4.98 Å². The molecule has 0 spiro atoms. The average molecular weight is 304 g/mol. The number of benzene rings is 2. The predicted octanol–water partition coefficient (Wildman–Crippen LogP) is 4.41. The van der Waals surface area contributed by atoms with E-state index >= 15 is 0 Å². The monoisotopic (exact) mass is 304 g/mol. The van der Waals surface area contributed by atoms with E-state index in [9.17, 15) is 0 Å². The van der Waals surface area contributed by atoms with Gasteiger partial charge in [0, 0.05) is 30.4 Å². The zero-order valence-electron chi connectivity index (χ0n) is 13.1. The third-order valence-electron chi connectivity index (χ3n) is 4.39. The first-order valence-corrected chi connectivity index (χ1v) is 8.20. The molecule has 0 unspecified atom stereocenters. The Morgan fingerprint density at radius 3 is 2.61 bits per heavy atom. The Labute approximate surface area is 136 Å². The summed E-state index contributed by atoms with van der Waals surface area (Å²) in [5.74, 6) is 0.903. The van der Waals surface area contributed by atoms with Crippen LogP contribution in [0.2, 0.25) is 0 Å². The summed E-state index contributed by atoms with van der Waals surface area (Å²) < 4.78 is 6.06. The van der Waals surface area contributed by atoms with Gasteiger partial charge in [0.05, 0.1) is 5.52 Å². The number of ether oxygens (including phenoxy) is 1. The molecule has 0 amide bonds. The minimum Gasteiger partial charge on any atom is -0.488 e. The number of hydrogen-bond acceptors (Lipinski definition) is 3. The number of fused-ring (bicyclic) bond motifs is 1. The lowest BCUT2D eigenvalue weighted by Crippen LogP contribution is -2.17. The van der Waals surface area contributed by atoms with Crippen LogP contribution in [0, 0.1) is 0 Å². The molecule has 0 atom stereocenters. The van der Waals surface area contributed by atoms with Crippen LogP contribution in [0.1, 0.15) is 18.4 Å². The van der Waals surface area contributed by atoms with Crippen LogP contribution in [0.4, 0.5) is 5.69 Å². The molecule has 2 heterocycles. The van der Waals surface area contributed by atoms with Crippen molar-refractivity contribution in [2.24, 2.45) is 0 Å². The number of rotatable bonds is 4. The fraction of sp³-hybridized carbons (Fsp3) is 0.250. The molecule has 3 aromatic rings. The first-order chi connectivity index (χ1) is 11.4. The van der Waals surface area contributed by atoms with Crippen LogP contribution >= 0.6 is 0 Å². The lowest BCUT2D eigenvalue weighted by Gasteiger charge is -2.18. The van der Waals surface area contributed by atoms with Crippen molar-refractivity contribution in [3.63, 3.8) is 0 Å². The highest BCUT2D eigenvalue weighted by Gasteiger charge is 2.13. The van der Waals surface area contributed by atoms with Gasteiger partial charge in [0.2, 0.25) is 0 Å². The highest BCUT2D eigenvalue weighted by atomic mass is 16.5. The summed E-state index contributed by atoms with van der Waals surface area (Å²) in [4.78, 5) is 6.90. The molecule has 0 saturated carbocycles. The van der Waals surface area contributed by atoms with Gasteiger partial charge in [0.25, 0.3) is 0 Å². The number of hydrogen-bond donors (Lipinski definition) is 0.